The molecule has 3 rings (SSSR count). The number of aromatic nitrogens is 2. The van der Waals surface area contributed by atoms with Crippen LogP contribution in [0.3, 0.4) is 0 Å². The third kappa shape index (κ3) is 2.42. The fraction of sp³-hybridized carbons (Fsp3) is 0.500. The number of anilines is 1. The lowest BCUT2D eigenvalue weighted by Crippen LogP contribution is -2.09. The smallest absolute Gasteiger partial charge is 0.237 e. The van der Waals surface area contributed by atoms with Gasteiger partial charge in [-0.05, 0) is 42.9 Å². The molecule has 1 fully saturated rings. The Labute approximate surface area is 119 Å². The van der Waals surface area contributed by atoms with Gasteiger partial charge in [0.05, 0.1) is 5.41 Å². The minimum Gasteiger partial charge on any atom is -0.399 e. The van der Waals surface area contributed by atoms with Gasteiger partial charge in [0.25, 0.3) is 0 Å². The second-order valence-electron chi connectivity index (χ2n) is 6.15. The van der Waals surface area contributed by atoms with Crippen LogP contribution in [0.4, 0.5) is 5.69 Å². The molecular formula is C16H21N3O. The predicted molar refractivity (Wildman–Crippen MR) is 78.3 cm³/mol. The summed E-state index contributed by atoms with van der Waals surface area (Å²) in [7, 11) is 0. The zero-order valence-corrected chi connectivity index (χ0v) is 12.1. The lowest BCUT2D eigenvalue weighted by molar-refractivity contribution is 0.354. The topological polar surface area (TPSA) is 64.9 Å². The van der Waals surface area contributed by atoms with Crippen LogP contribution in [-0.4, -0.2) is 10.1 Å². The summed E-state index contributed by atoms with van der Waals surface area (Å²) in [5.41, 5.74) is 7.70. The van der Waals surface area contributed by atoms with E-state index >= 15 is 0 Å². The van der Waals surface area contributed by atoms with E-state index in [0.29, 0.717) is 5.92 Å². The number of rotatable bonds is 5. The molecule has 1 aromatic carbocycles. The Bertz CT molecular complexity index is 582. The van der Waals surface area contributed by atoms with Crippen LogP contribution >= 0.6 is 0 Å². The molecule has 1 saturated carbocycles. The second kappa shape index (κ2) is 4.93. The molecule has 0 atom stereocenters. The average molecular weight is 271 g/mol. The van der Waals surface area contributed by atoms with Gasteiger partial charge in [0.2, 0.25) is 5.89 Å². The van der Waals surface area contributed by atoms with E-state index < -0.39 is 0 Å². The first-order chi connectivity index (χ1) is 9.60. The first-order valence-electron chi connectivity index (χ1n) is 7.29. The van der Waals surface area contributed by atoms with Crippen molar-refractivity contribution in [3.8, 4) is 0 Å². The molecule has 1 aromatic heterocycles. The number of nitrogens with zero attached hydrogens (tertiary/aromatic N) is 2. The number of benzene rings is 1. The van der Waals surface area contributed by atoms with Gasteiger partial charge in [-0.15, -0.1) is 0 Å². The Morgan fingerprint density at radius 3 is 2.55 bits per heavy atom. The van der Waals surface area contributed by atoms with Gasteiger partial charge in [-0.3, -0.25) is 0 Å². The van der Waals surface area contributed by atoms with Crippen LogP contribution in [0.25, 0.3) is 0 Å². The standard InChI is InChI=1S/C16H21N3O/c1-11(2)3-8-14-18-15(20-19-14)16(9-10-16)12-4-6-13(17)7-5-12/h4-7,11H,3,8-10,17H2,1-2H3. The summed E-state index contributed by atoms with van der Waals surface area (Å²) in [5.74, 6) is 2.25. The highest BCUT2D eigenvalue weighted by atomic mass is 16.5. The minimum atomic E-state index is -0.0587. The molecule has 0 bridgehead atoms. The van der Waals surface area contributed by atoms with E-state index in [-0.39, 0.29) is 5.41 Å². The van der Waals surface area contributed by atoms with Crippen LogP contribution in [0.2, 0.25) is 0 Å². The largest absolute Gasteiger partial charge is 0.399 e. The van der Waals surface area contributed by atoms with Crippen LogP contribution in [0.5, 0.6) is 0 Å². The predicted octanol–water partition coefficient (Wildman–Crippen LogP) is 3.32. The van der Waals surface area contributed by atoms with Gasteiger partial charge in [0.15, 0.2) is 5.82 Å². The summed E-state index contributed by atoms with van der Waals surface area (Å²) in [6, 6.07) is 8.01. The minimum absolute atomic E-state index is 0.0587. The van der Waals surface area contributed by atoms with Crippen molar-refractivity contribution < 1.29 is 4.52 Å². The molecule has 0 radical (unpaired) electrons. The number of hydrogen-bond donors (Lipinski definition) is 1. The average Bonchev–Trinajstić information content (AvgIpc) is 3.09. The highest BCUT2D eigenvalue weighted by Gasteiger charge is 2.50. The fourth-order valence-corrected chi connectivity index (χ4v) is 2.52. The van der Waals surface area contributed by atoms with E-state index in [1.807, 2.05) is 12.1 Å². The number of nitrogen functional groups attached to an aromatic ring is 1. The molecule has 0 unspecified atom stereocenters. The summed E-state index contributed by atoms with van der Waals surface area (Å²) in [4.78, 5) is 4.61. The maximum absolute atomic E-state index is 5.75. The summed E-state index contributed by atoms with van der Waals surface area (Å²) in [6.07, 6.45) is 4.12. The molecule has 1 aliphatic rings. The molecule has 0 amide bonds. The lowest BCUT2D eigenvalue weighted by Gasteiger charge is -2.10. The Morgan fingerprint density at radius 1 is 1.25 bits per heavy atom. The number of aryl methyl sites for hydroxylation is 1. The normalized spacial score (nSPS) is 16.6. The highest BCUT2D eigenvalue weighted by Crippen LogP contribution is 2.52. The van der Waals surface area contributed by atoms with E-state index in [4.69, 9.17) is 10.3 Å². The first-order valence-corrected chi connectivity index (χ1v) is 7.29. The van der Waals surface area contributed by atoms with E-state index in [1.165, 1.54) is 5.56 Å². The fourth-order valence-electron chi connectivity index (χ4n) is 2.52. The van der Waals surface area contributed by atoms with Gasteiger partial charge in [-0.25, -0.2) is 0 Å². The Balaban J connectivity index is 1.80. The van der Waals surface area contributed by atoms with E-state index in [2.05, 4.69) is 36.1 Å². The first kappa shape index (κ1) is 13.2. The molecule has 0 saturated heterocycles. The molecule has 1 aliphatic carbocycles. The molecule has 4 heteroatoms. The van der Waals surface area contributed by atoms with Crippen LogP contribution in [-0.2, 0) is 11.8 Å². The Morgan fingerprint density at radius 2 is 1.95 bits per heavy atom. The van der Waals surface area contributed by atoms with E-state index in [9.17, 15) is 0 Å². The molecule has 106 valence electrons. The Kier molecular flexibility index (Phi) is 3.24. The Hall–Kier alpha value is -1.84. The summed E-state index contributed by atoms with van der Waals surface area (Å²) in [5, 5.41) is 4.13. The van der Waals surface area contributed by atoms with Crippen LogP contribution < -0.4 is 5.73 Å². The summed E-state index contributed by atoms with van der Waals surface area (Å²) in [6.45, 7) is 4.41. The van der Waals surface area contributed by atoms with Crippen LogP contribution in [0.15, 0.2) is 28.8 Å². The zero-order valence-electron chi connectivity index (χ0n) is 12.1. The summed E-state index contributed by atoms with van der Waals surface area (Å²) < 4.78 is 5.52. The van der Waals surface area contributed by atoms with Gasteiger partial charge in [-0.2, -0.15) is 4.98 Å². The van der Waals surface area contributed by atoms with Crippen molar-refractivity contribution in [2.24, 2.45) is 5.92 Å². The second-order valence-corrected chi connectivity index (χ2v) is 6.15. The molecule has 20 heavy (non-hydrogen) atoms. The zero-order chi connectivity index (χ0) is 14.2. The van der Waals surface area contributed by atoms with E-state index in [1.54, 1.807) is 0 Å². The molecule has 1 heterocycles. The van der Waals surface area contributed by atoms with Crippen molar-refractivity contribution in [1.82, 2.24) is 10.1 Å². The van der Waals surface area contributed by atoms with Crippen molar-refractivity contribution in [1.29, 1.82) is 0 Å². The monoisotopic (exact) mass is 271 g/mol. The van der Waals surface area contributed by atoms with E-state index in [0.717, 1.165) is 43.1 Å². The van der Waals surface area contributed by atoms with Crippen molar-refractivity contribution in [2.45, 2.75) is 44.9 Å². The van der Waals surface area contributed by atoms with Crippen molar-refractivity contribution in [3.05, 3.63) is 41.5 Å². The maximum atomic E-state index is 5.75. The number of nitrogens with two attached hydrogens (primary N) is 1. The maximum Gasteiger partial charge on any atom is 0.237 e. The molecule has 0 spiro atoms. The van der Waals surface area contributed by atoms with Crippen molar-refractivity contribution in [3.63, 3.8) is 0 Å². The van der Waals surface area contributed by atoms with Gasteiger partial charge in [0.1, 0.15) is 0 Å². The van der Waals surface area contributed by atoms with Gasteiger partial charge in [-0.1, -0.05) is 31.1 Å². The molecule has 4 nitrogen and oxygen atoms in total. The van der Waals surface area contributed by atoms with Gasteiger partial charge in [0, 0.05) is 12.1 Å². The summed E-state index contributed by atoms with van der Waals surface area (Å²) >= 11 is 0. The quantitative estimate of drug-likeness (QED) is 0.847. The highest BCUT2D eigenvalue weighted by molar-refractivity contribution is 5.45. The van der Waals surface area contributed by atoms with Crippen LogP contribution in [0.1, 0.15) is 50.4 Å². The SMILES string of the molecule is CC(C)CCc1noc(C2(c3ccc(N)cc3)CC2)n1. The molecule has 2 aromatic rings. The lowest BCUT2D eigenvalue weighted by atomic mass is 9.95. The van der Waals surface area contributed by atoms with Gasteiger partial charge < -0.3 is 10.3 Å². The van der Waals surface area contributed by atoms with Crippen molar-refractivity contribution >= 4 is 5.69 Å². The van der Waals surface area contributed by atoms with Gasteiger partial charge >= 0.3 is 0 Å². The molecule has 0 aliphatic heterocycles. The molecule has 2 N–H and O–H groups in total. The third-order valence-electron chi connectivity index (χ3n) is 4.04. The third-order valence-corrected chi connectivity index (χ3v) is 4.04. The van der Waals surface area contributed by atoms with Crippen molar-refractivity contribution in [2.75, 3.05) is 5.73 Å². The number of hydrogen-bond acceptors (Lipinski definition) is 4. The molecular weight excluding hydrogens is 250 g/mol. The van der Waals surface area contributed by atoms with Crippen LogP contribution in [0, 0.1) is 5.92 Å².